The van der Waals surface area contributed by atoms with Gasteiger partial charge in [0.2, 0.25) is 5.78 Å². The number of carbonyl (C=O) groups is 2. The van der Waals surface area contributed by atoms with Gasteiger partial charge in [-0.25, -0.2) is 0 Å². The highest BCUT2D eigenvalue weighted by atomic mass is 16.5. The second kappa shape index (κ2) is 7.34. The van der Waals surface area contributed by atoms with Crippen molar-refractivity contribution in [2.45, 2.75) is 40.7 Å². The van der Waals surface area contributed by atoms with Crippen LogP contribution >= 0.6 is 0 Å². The first-order valence-electron chi connectivity index (χ1n) is 8.09. The molecule has 2 N–H and O–H groups in total. The van der Waals surface area contributed by atoms with E-state index in [1.807, 2.05) is 38.1 Å². The van der Waals surface area contributed by atoms with Crippen LogP contribution in [0.5, 0.6) is 5.75 Å². The molecule has 0 saturated heterocycles. The smallest absolute Gasteiger partial charge is 0.201 e. The lowest BCUT2D eigenvalue weighted by atomic mass is 10.0. The van der Waals surface area contributed by atoms with Crippen LogP contribution in [0.4, 0.5) is 5.69 Å². The van der Waals surface area contributed by atoms with Gasteiger partial charge in [0.1, 0.15) is 5.75 Å². The minimum atomic E-state index is -0.455. The fourth-order valence-electron chi connectivity index (χ4n) is 2.91. The van der Waals surface area contributed by atoms with E-state index in [0.717, 1.165) is 11.4 Å². The number of anilines is 1. The van der Waals surface area contributed by atoms with Crippen LogP contribution in [0.15, 0.2) is 24.3 Å². The number of hydrogen-bond acceptors (Lipinski definition) is 4. The van der Waals surface area contributed by atoms with E-state index in [1.54, 1.807) is 13.8 Å². The first-order valence-corrected chi connectivity index (χ1v) is 8.09. The fourth-order valence-corrected chi connectivity index (χ4v) is 2.91. The van der Waals surface area contributed by atoms with Gasteiger partial charge < -0.3 is 15.0 Å². The lowest BCUT2D eigenvalue weighted by Crippen LogP contribution is -2.27. The topological polar surface area (TPSA) is 71.2 Å². The molecule has 0 unspecified atom stereocenters. The number of aryl methyl sites for hydroxylation is 1. The number of ketones is 2. The lowest BCUT2D eigenvalue weighted by molar-refractivity contribution is 0.0970. The quantitative estimate of drug-likeness (QED) is 0.756. The van der Waals surface area contributed by atoms with E-state index in [9.17, 15) is 9.59 Å². The number of benzene rings is 1. The number of aromatic amines is 1. The molecule has 1 atom stereocenters. The number of ether oxygens (including phenoxy) is 1. The predicted molar refractivity (Wildman–Crippen MR) is 95.3 cm³/mol. The zero-order chi connectivity index (χ0) is 17.9. The van der Waals surface area contributed by atoms with Crippen LogP contribution in [0, 0.1) is 13.8 Å². The van der Waals surface area contributed by atoms with Gasteiger partial charge >= 0.3 is 0 Å². The molecule has 0 spiro atoms. The molecule has 0 fully saturated rings. The van der Waals surface area contributed by atoms with E-state index >= 15 is 0 Å². The molecule has 5 heteroatoms. The average Bonchev–Trinajstić information content (AvgIpc) is 2.83. The summed E-state index contributed by atoms with van der Waals surface area (Å²) in [6.45, 7) is 9.39. The van der Waals surface area contributed by atoms with Crippen molar-refractivity contribution in [2.24, 2.45) is 0 Å². The molecule has 2 rings (SSSR count). The molecule has 1 aromatic carbocycles. The molecule has 0 aliphatic rings. The third-order valence-corrected chi connectivity index (χ3v) is 3.99. The van der Waals surface area contributed by atoms with Crippen LogP contribution < -0.4 is 10.1 Å². The number of nitrogens with one attached hydrogen (secondary N) is 2. The highest BCUT2D eigenvalue weighted by molar-refractivity contribution is 6.05. The zero-order valence-electron chi connectivity index (χ0n) is 14.8. The molecule has 0 aliphatic heterocycles. The van der Waals surface area contributed by atoms with Gasteiger partial charge in [-0.05, 0) is 52.3 Å². The number of carbonyl (C=O) groups excluding carboxylic acids is 2. The van der Waals surface area contributed by atoms with Crippen molar-refractivity contribution in [2.75, 3.05) is 11.9 Å². The van der Waals surface area contributed by atoms with Crippen LogP contribution in [0.3, 0.4) is 0 Å². The largest absolute Gasteiger partial charge is 0.492 e. The highest BCUT2D eigenvalue weighted by Crippen LogP contribution is 2.26. The Hall–Kier alpha value is -2.56. The maximum absolute atomic E-state index is 12.8. The molecular formula is C19H24N2O3. The van der Waals surface area contributed by atoms with Gasteiger partial charge in [-0.15, -0.1) is 0 Å². The van der Waals surface area contributed by atoms with Crippen molar-refractivity contribution >= 4 is 17.3 Å². The summed E-state index contributed by atoms with van der Waals surface area (Å²) in [5.74, 6) is 0.584. The fraction of sp³-hybridized carbons (Fsp3) is 0.368. The van der Waals surface area contributed by atoms with Gasteiger partial charge in [0.05, 0.1) is 24.0 Å². The second-order valence-corrected chi connectivity index (χ2v) is 5.84. The Morgan fingerprint density at radius 3 is 2.50 bits per heavy atom. The summed E-state index contributed by atoms with van der Waals surface area (Å²) < 4.78 is 5.58. The lowest BCUT2D eigenvalue weighted by Gasteiger charge is -2.17. The molecule has 0 amide bonds. The summed E-state index contributed by atoms with van der Waals surface area (Å²) in [6, 6.07) is 7.06. The number of hydrogen-bond donors (Lipinski definition) is 2. The Bertz CT molecular complexity index is 762. The highest BCUT2D eigenvalue weighted by Gasteiger charge is 2.24. The Morgan fingerprint density at radius 1 is 1.25 bits per heavy atom. The average molecular weight is 328 g/mol. The molecule has 0 radical (unpaired) electrons. The third kappa shape index (κ3) is 3.50. The van der Waals surface area contributed by atoms with Crippen molar-refractivity contribution in [3.05, 3.63) is 46.8 Å². The van der Waals surface area contributed by atoms with E-state index < -0.39 is 6.04 Å². The Labute approximate surface area is 142 Å². The summed E-state index contributed by atoms with van der Waals surface area (Å²) in [5.41, 5.74) is 3.28. The van der Waals surface area contributed by atoms with Gasteiger partial charge in [0.15, 0.2) is 5.78 Å². The first-order chi connectivity index (χ1) is 11.4. The van der Waals surface area contributed by atoms with Crippen LogP contribution in [-0.4, -0.2) is 29.2 Å². The molecular weight excluding hydrogens is 304 g/mol. The van der Waals surface area contributed by atoms with Crippen LogP contribution in [0.1, 0.15) is 52.9 Å². The minimum absolute atomic E-state index is 0.0393. The number of aromatic nitrogens is 1. The first kappa shape index (κ1) is 17.8. The van der Waals surface area contributed by atoms with E-state index in [4.69, 9.17) is 4.74 Å². The second-order valence-electron chi connectivity index (χ2n) is 5.84. The molecule has 1 heterocycles. The molecule has 1 aromatic heterocycles. The van der Waals surface area contributed by atoms with E-state index in [0.29, 0.717) is 29.2 Å². The standard InChI is InChI=1S/C19H24N2O3/c1-6-24-16-10-8-7-9-15(16)20-13(4)19(23)18-11(2)17(14(5)22)12(3)21-18/h7-10,13,20-21H,6H2,1-5H3/t13-/m0/s1. The third-order valence-electron chi connectivity index (χ3n) is 3.99. The molecule has 2 aromatic rings. The predicted octanol–water partition coefficient (Wildman–Crippen LogP) is 3.92. The van der Waals surface area contributed by atoms with Crippen molar-refractivity contribution < 1.29 is 14.3 Å². The normalized spacial score (nSPS) is 11.9. The van der Waals surface area contributed by atoms with Gasteiger partial charge in [-0.3, -0.25) is 9.59 Å². The van der Waals surface area contributed by atoms with E-state index in [-0.39, 0.29) is 11.6 Å². The number of rotatable bonds is 7. The Balaban J connectivity index is 2.25. The van der Waals surface area contributed by atoms with Crippen LogP contribution in [-0.2, 0) is 0 Å². The summed E-state index contributed by atoms with van der Waals surface area (Å²) in [4.78, 5) is 27.6. The molecule has 0 bridgehead atoms. The number of Topliss-reactive ketones (excluding diaryl/α,β-unsaturated/α-hetero) is 2. The van der Waals surface area contributed by atoms with Crippen LogP contribution in [0.2, 0.25) is 0 Å². The van der Waals surface area contributed by atoms with Crippen molar-refractivity contribution in [3.8, 4) is 5.75 Å². The maximum Gasteiger partial charge on any atom is 0.201 e. The van der Waals surface area contributed by atoms with Crippen molar-refractivity contribution in [3.63, 3.8) is 0 Å². The molecule has 5 nitrogen and oxygen atoms in total. The van der Waals surface area contributed by atoms with Gasteiger partial charge in [-0.1, -0.05) is 12.1 Å². The van der Waals surface area contributed by atoms with Crippen molar-refractivity contribution in [1.29, 1.82) is 0 Å². The molecule has 0 saturated carbocycles. The van der Waals surface area contributed by atoms with E-state index in [1.165, 1.54) is 6.92 Å². The van der Waals surface area contributed by atoms with Gasteiger partial charge in [0.25, 0.3) is 0 Å². The summed E-state index contributed by atoms with van der Waals surface area (Å²) >= 11 is 0. The van der Waals surface area contributed by atoms with Gasteiger partial charge in [0, 0.05) is 11.3 Å². The Kier molecular flexibility index (Phi) is 5.44. The summed E-state index contributed by atoms with van der Waals surface area (Å²) in [6.07, 6.45) is 0. The minimum Gasteiger partial charge on any atom is -0.492 e. The van der Waals surface area contributed by atoms with Crippen molar-refractivity contribution in [1.82, 2.24) is 4.98 Å². The van der Waals surface area contributed by atoms with Gasteiger partial charge in [-0.2, -0.15) is 0 Å². The zero-order valence-corrected chi connectivity index (χ0v) is 14.8. The van der Waals surface area contributed by atoms with Crippen LogP contribution in [0.25, 0.3) is 0 Å². The maximum atomic E-state index is 12.8. The number of H-pyrrole nitrogens is 1. The monoisotopic (exact) mass is 328 g/mol. The number of para-hydroxylation sites is 2. The molecule has 128 valence electrons. The SMILES string of the molecule is CCOc1ccccc1N[C@@H](C)C(=O)c1[nH]c(C)c(C(C)=O)c1C. The Morgan fingerprint density at radius 2 is 1.92 bits per heavy atom. The molecule has 0 aliphatic carbocycles. The van der Waals surface area contributed by atoms with E-state index in [2.05, 4.69) is 10.3 Å². The molecule has 24 heavy (non-hydrogen) atoms. The summed E-state index contributed by atoms with van der Waals surface area (Å²) in [7, 11) is 0. The summed E-state index contributed by atoms with van der Waals surface area (Å²) in [5, 5.41) is 3.20.